The summed E-state index contributed by atoms with van der Waals surface area (Å²) >= 11 is 0. The minimum atomic E-state index is -1.93. The Morgan fingerprint density at radius 1 is 2.50 bits per heavy atom. The van der Waals surface area contributed by atoms with Crippen molar-refractivity contribution in [3.8, 4) is 0 Å². The summed E-state index contributed by atoms with van der Waals surface area (Å²) in [6, 6.07) is 0. The first-order valence-corrected chi connectivity index (χ1v) is 0.623. The lowest BCUT2D eigenvalue weighted by atomic mass is 11.5. The Kier molecular flexibility index (Phi) is 0.207. The first-order chi connectivity index (χ1) is 2.64. The topological polar surface area (TPSA) is 43.1 Å². The zero-order valence-electron chi connectivity index (χ0n) is 3.84. The molecule has 0 radical (unpaired) electrons. The largest absolute Gasteiger partial charge is 0.265 e. The minimum Gasteiger partial charge on any atom is -0.265 e. The van der Waals surface area contributed by atoms with Crippen molar-refractivity contribution < 1.29 is 7.66 Å². The summed E-state index contributed by atoms with van der Waals surface area (Å²) in [5.74, 6) is 0. The first kappa shape index (κ1) is 1.01. The van der Waals surface area contributed by atoms with Crippen LogP contribution in [0, 0.1) is 10.1 Å². The molecule has 3 nitrogen and oxygen atoms in total. The number of hydrogen-bond donors (Lipinski definition) is 0. The predicted molar refractivity (Wildman–Crippen MR) is 12.9 cm³/mol. The van der Waals surface area contributed by atoms with E-state index in [9.17, 15) is 0 Å². The smallest absolute Gasteiger partial charge is 0.194 e. The molecule has 0 amide bonds. The molecule has 0 spiro atoms. The maximum absolute atomic E-state index is 9.13. The number of hydrogen-bond acceptors (Lipinski definition) is 2. The van der Waals surface area contributed by atoms with Gasteiger partial charge in [-0.15, -0.1) is 0 Å². The SMILES string of the molecule is [2H]C([2H])[N+](=O)[O-]. The van der Waals surface area contributed by atoms with Crippen LogP contribution in [-0.4, -0.2) is 11.9 Å². The van der Waals surface area contributed by atoms with Gasteiger partial charge in [0.15, 0.2) is 7.00 Å². The number of rotatable bonds is 0. The van der Waals surface area contributed by atoms with Crippen molar-refractivity contribution in [1.29, 1.82) is 0 Å². The fourth-order valence-electron chi connectivity index (χ4n) is 0. The molecular formula is CH3NO2. The standard InChI is InChI=1S/CH3NO2/c1-2(3)4/h1H3/i1D2. The summed E-state index contributed by atoms with van der Waals surface area (Å²) in [7, 11) is 0. The van der Waals surface area contributed by atoms with Crippen LogP contribution in [0.4, 0.5) is 0 Å². The lowest BCUT2D eigenvalue weighted by Crippen LogP contribution is -1.79. The highest BCUT2D eigenvalue weighted by Crippen LogP contribution is 1.39. The molecule has 0 unspecified atom stereocenters. The highest BCUT2D eigenvalue weighted by molar-refractivity contribution is 3.91. The Labute approximate surface area is 26.2 Å². The highest BCUT2D eigenvalue weighted by atomic mass is 16.6. The molecule has 0 aromatic carbocycles. The zero-order valence-corrected chi connectivity index (χ0v) is 1.84. The molecule has 3 heteroatoms. The van der Waals surface area contributed by atoms with Gasteiger partial charge in [0.05, 0.1) is 0 Å². The molecule has 0 aromatic rings. The Morgan fingerprint density at radius 2 is 2.75 bits per heavy atom. The molecule has 0 saturated carbocycles. The summed E-state index contributed by atoms with van der Waals surface area (Å²) in [5.41, 5.74) is 0. The van der Waals surface area contributed by atoms with Crippen LogP contribution in [0.2, 0.25) is 0 Å². The van der Waals surface area contributed by atoms with Crippen LogP contribution in [0.15, 0.2) is 0 Å². The van der Waals surface area contributed by atoms with E-state index in [4.69, 9.17) is 12.9 Å². The maximum atomic E-state index is 9.13. The van der Waals surface area contributed by atoms with Gasteiger partial charge >= 0.3 is 0 Å². The quantitative estimate of drug-likeness (QED) is 0.291. The second-order valence-corrected chi connectivity index (χ2v) is 0.285. The van der Waals surface area contributed by atoms with Crippen molar-refractivity contribution in [3.05, 3.63) is 10.1 Å². The molecule has 0 heterocycles. The highest BCUT2D eigenvalue weighted by Gasteiger charge is 1.57. The Balaban J connectivity index is 3.26. The second kappa shape index (κ2) is 0.817. The van der Waals surface area contributed by atoms with E-state index in [1.54, 1.807) is 0 Å². The van der Waals surface area contributed by atoms with Gasteiger partial charge in [-0.25, -0.2) is 0 Å². The molecule has 0 aromatic heterocycles. The fraction of sp³-hybridized carbons (Fsp3) is 1.00. The predicted octanol–water partition coefficient (Wildman–Crippen LogP) is -0.107. The molecular weight excluding hydrogens is 58.0 g/mol. The lowest BCUT2D eigenvalue weighted by Gasteiger charge is -1.63. The van der Waals surface area contributed by atoms with Crippen LogP contribution in [0.25, 0.3) is 0 Å². The molecule has 0 bridgehead atoms. The van der Waals surface area contributed by atoms with E-state index in [1.807, 2.05) is 0 Å². The van der Waals surface area contributed by atoms with Gasteiger partial charge in [0.25, 0.3) is 0 Å². The van der Waals surface area contributed by atoms with Crippen LogP contribution < -0.4 is 0 Å². The minimum absolute atomic E-state index is 1.00. The fourth-order valence-corrected chi connectivity index (χ4v) is 0. The van der Waals surface area contributed by atoms with E-state index in [0.29, 0.717) is 0 Å². The molecule has 0 aliphatic carbocycles. The van der Waals surface area contributed by atoms with E-state index >= 15 is 0 Å². The summed E-state index contributed by atoms with van der Waals surface area (Å²) in [6.45, 7) is -1.93. The van der Waals surface area contributed by atoms with Crippen molar-refractivity contribution >= 4 is 0 Å². The first-order valence-electron chi connectivity index (χ1n) is 1.78. The Bertz CT molecular complexity index is 62.6. The van der Waals surface area contributed by atoms with Gasteiger partial charge in [0.2, 0.25) is 0 Å². The lowest BCUT2D eigenvalue weighted by molar-refractivity contribution is -0.445. The van der Waals surface area contributed by atoms with Crippen LogP contribution in [0.5, 0.6) is 0 Å². The third kappa shape index (κ3) is 0.622. The molecule has 4 heavy (non-hydrogen) atoms. The average molecular weight is 63.1 g/mol. The van der Waals surface area contributed by atoms with E-state index in [-0.39, 0.29) is 0 Å². The van der Waals surface area contributed by atoms with Gasteiger partial charge in [-0.3, -0.25) is 10.1 Å². The van der Waals surface area contributed by atoms with Gasteiger partial charge in [-0.2, -0.15) is 0 Å². The number of nitrogens with zero attached hydrogens (tertiary/aromatic N) is 1. The van der Waals surface area contributed by atoms with Crippen molar-refractivity contribution in [2.75, 3.05) is 7.00 Å². The van der Waals surface area contributed by atoms with Gasteiger partial charge in [0.1, 0.15) is 2.74 Å². The average Bonchev–Trinajstić information content (AvgIpc) is 1.36. The molecule has 0 saturated heterocycles. The van der Waals surface area contributed by atoms with E-state index < -0.39 is 11.9 Å². The zero-order chi connectivity index (χ0) is 5.15. The van der Waals surface area contributed by atoms with Crippen LogP contribution in [0.3, 0.4) is 0 Å². The number of nitro groups is 1. The summed E-state index contributed by atoms with van der Waals surface area (Å²) in [6.07, 6.45) is 0. The summed E-state index contributed by atoms with van der Waals surface area (Å²) in [5, 5.41) is 9.13. The maximum Gasteiger partial charge on any atom is 0.194 e. The van der Waals surface area contributed by atoms with Crippen molar-refractivity contribution in [2.45, 2.75) is 0 Å². The van der Waals surface area contributed by atoms with E-state index in [2.05, 4.69) is 0 Å². The van der Waals surface area contributed by atoms with E-state index in [1.165, 1.54) is 0 Å². The third-order valence-corrected chi connectivity index (χ3v) is 0. The van der Waals surface area contributed by atoms with Gasteiger partial charge in [-0.1, -0.05) is 0 Å². The van der Waals surface area contributed by atoms with Crippen molar-refractivity contribution in [1.82, 2.24) is 0 Å². The van der Waals surface area contributed by atoms with Gasteiger partial charge in [-0.05, 0) is 0 Å². The van der Waals surface area contributed by atoms with Crippen LogP contribution in [-0.2, 0) is 0 Å². The van der Waals surface area contributed by atoms with Gasteiger partial charge < -0.3 is 0 Å². The van der Waals surface area contributed by atoms with E-state index in [0.717, 1.165) is 0 Å². The molecule has 0 atom stereocenters. The summed E-state index contributed by atoms with van der Waals surface area (Å²) in [4.78, 5) is 8.13. The normalized spacial score (nSPS) is 14.2. The molecule has 0 aliphatic heterocycles. The van der Waals surface area contributed by atoms with Crippen LogP contribution in [0.1, 0.15) is 2.74 Å². The van der Waals surface area contributed by atoms with Crippen molar-refractivity contribution in [2.24, 2.45) is 0 Å². The molecule has 0 rings (SSSR count). The molecule has 0 aliphatic rings. The van der Waals surface area contributed by atoms with Gasteiger partial charge in [0, 0.05) is 4.92 Å². The molecule has 24 valence electrons. The van der Waals surface area contributed by atoms with Crippen LogP contribution >= 0.6 is 0 Å². The third-order valence-electron chi connectivity index (χ3n) is 0. The Morgan fingerprint density at radius 3 is 2.75 bits per heavy atom. The second-order valence-electron chi connectivity index (χ2n) is 0.285. The Hall–Kier alpha value is -0.600. The van der Waals surface area contributed by atoms with Crippen molar-refractivity contribution in [3.63, 3.8) is 0 Å². The summed E-state index contributed by atoms with van der Waals surface area (Å²) < 4.78 is 12.0. The monoisotopic (exact) mass is 63.0 g/mol. The molecule has 0 N–H and O–H groups in total. The molecule has 0 fully saturated rings.